The van der Waals surface area contributed by atoms with Crippen LogP contribution in [0.4, 0.5) is 0 Å². The first kappa shape index (κ1) is 15.9. The van der Waals surface area contributed by atoms with Crippen LogP contribution >= 0.6 is 0 Å². The number of ketones is 1. The lowest BCUT2D eigenvalue weighted by Crippen LogP contribution is -1.93. The van der Waals surface area contributed by atoms with E-state index in [4.69, 9.17) is 0 Å². The van der Waals surface area contributed by atoms with Gasteiger partial charge in [0.15, 0.2) is 0 Å². The second-order valence-corrected chi connectivity index (χ2v) is 6.01. The third kappa shape index (κ3) is 7.81. The molecule has 0 heterocycles. The lowest BCUT2D eigenvalue weighted by molar-refractivity contribution is -0.117. The predicted octanol–water partition coefficient (Wildman–Crippen LogP) is 4.97. The van der Waals surface area contributed by atoms with Crippen LogP contribution in [-0.4, -0.2) is 5.78 Å². The van der Waals surface area contributed by atoms with E-state index in [1.807, 2.05) is 0 Å². The van der Waals surface area contributed by atoms with Crippen molar-refractivity contribution in [3.63, 3.8) is 0 Å². The molecule has 19 heavy (non-hydrogen) atoms. The molecule has 0 unspecified atom stereocenters. The van der Waals surface area contributed by atoms with Crippen LogP contribution in [0.1, 0.15) is 64.0 Å². The Hall–Kier alpha value is -1.11. The second kappa shape index (κ2) is 8.90. The Morgan fingerprint density at radius 3 is 1.95 bits per heavy atom. The van der Waals surface area contributed by atoms with Crippen molar-refractivity contribution >= 4 is 5.78 Å². The Balaban J connectivity index is 2.25. The van der Waals surface area contributed by atoms with Gasteiger partial charge >= 0.3 is 0 Å². The lowest BCUT2D eigenvalue weighted by Gasteiger charge is -2.06. The number of aryl methyl sites for hydroxylation is 2. The Morgan fingerprint density at radius 1 is 0.947 bits per heavy atom. The number of unbranched alkanes of at least 4 members (excludes halogenated alkanes) is 1. The molecule has 1 aromatic carbocycles. The van der Waals surface area contributed by atoms with Crippen LogP contribution in [0.15, 0.2) is 24.3 Å². The number of carbonyl (C=O) groups is 1. The SMILES string of the molecule is CC(=O)CCCCc1ccc(CCCC(C)C)cc1. The van der Waals surface area contributed by atoms with E-state index in [1.165, 1.54) is 30.4 Å². The summed E-state index contributed by atoms with van der Waals surface area (Å²) in [6, 6.07) is 9.03. The summed E-state index contributed by atoms with van der Waals surface area (Å²) in [5.74, 6) is 1.11. The largest absolute Gasteiger partial charge is 0.300 e. The topological polar surface area (TPSA) is 17.1 Å². The van der Waals surface area contributed by atoms with Gasteiger partial charge in [0.05, 0.1) is 0 Å². The van der Waals surface area contributed by atoms with Gasteiger partial charge < -0.3 is 4.79 Å². The van der Waals surface area contributed by atoms with Gasteiger partial charge in [-0.2, -0.15) is 0 Å². The molecule has 0 bridgehead atoms. The molecule has 0 saturated heterocycles. The van der Waals surface area contributed by atoms with Gasteiger partial charge in [0.1, 0.15) is 5.78 Å². The average Bonchev–Trinajstić information content (AvgIpc) is 2.36. The van der Waals surface area contributed by atoms with Gasteiger partial charge in [-0.15, -0.1) is 0 Å². The molecule has 0 N–H and O–H groups in total. The molecule has 106 valence electrons. The zero-order chi connectivity index (χ0) is 14.1. The second-order valence-electron chi connectivity index (χ2n) is 6.01. The number of rotatable bonds is 9. The highest BCUT2D eigenvalue weighted by molar-refractivity contribution is 5.75. The van der Waals surface area contributed by atoms with Gasteiger partial charge in [-0.3, -0.25) is 0 Å². The molecule has 0 atom stereocenters. The summed E-state index contributed by atoms with van der Waals surface area (Å²) in [4.78, 5) is 10.8. The van der Waals surface area contributed by atoms with Gasteiger partial charge in [-0.05, 0) is 56.1 Å². The molecule has 1 aromatic rings. The Kier molecular flexibility index (Phi) is 7.47. The molecule has 0 spiro atoms. The third-order valence-electron chi connectivity index (χ3n) is 3.51. The molecular formula is C18H28O. The summed E-state index contributed by atoms with van der Waals surface area (Å²) < 4.78 is 0. The fraction of sp³-hybridized carbons (Fsp3) is 0.611. The first-order chi connectivity index (χ1) is 9.08. The molecule has 1 rings (SSSR count). The van der Waals surface area contributed by atoms with Crippen molar-refractivity contribution in [2.24, 2.45) is 5.92 Å². The molecule has 0 amide bonds. The normalized spacial score (nSPS) is 10.9. The van der Waals surface area contributed by atoms with Gasteiger partial charge in [-0.1, -0.05) is 44.5 Å². The highest BCUT2D eigenvalue weighted by Gasteiger charge is 1.99. The van der Waals surface area contributed by atoms with E-state index >= 15 is 0 Å². The Labute approximate surface area is 118 Å². The van der Waals surface area contributed by atoms with E-state index in [1.54, 1.807) is 6.92 Å². The van der Waals surface area contributed by atoms with E-state index in [0.717, 1.165) is 31.6 Å². The zero-order valence-electron chi connectivity index (χ0n) is 12.7. The van der Waals surface area contributed by atoms with Crippen LogP contribution in [0.2, 0.25) is 0 Å². The lowest BCUT2D eigenvalue weighted by atomic mass is 10.00. The quantitative estimate of drug-likeness (QED) is 0.573. The van der Waals surface area contributed by atoms with Crippen LogP contribution in [-0.2, 0) is 17.6 Å². The molecule has 0 radical (unpaired) electrons. The van der Waals surface area contributed by atoms with E-state index in [-0.39, 0.29) is 0 Å². The first-order valence-electron chi connectivity index (χ1n) is 7.65. The fourth-order valence-electron chi connectivity index (χ4n) is 2.29. The third-order valence-corrected chi connectivity index (χ3v) is 3.51. The van der Waals surface area contributed by atoms with Gasteiger partial charge in [0, 0.05) is 6.42 Å². The van der Waals surface area contributed by atoms with Crippen LogP contribution in [0, 0.1) is 5.92 Å². The molecule has 1 heteroatoms. The summed E-state index contributed by atoms with van der Waals surface area (Å²) in [7, 11) is 0. The first-order valence-corrected chi connectivity index (χ1v) is 7.65. The van der Waals surface area contributed by atoms with Crippen LogP contribution in [0.25, 0.3) is 0 Å². The van der Waals surface area contributed by atoms with Crippen molar-refractivity contribution in [3.8, 4) is 0 Å². The smallest absolute Gasteiger partial charge is 0.129 e. The molecule has 0 aliphatic heterocycles. The van der Waals surface area contributed by atoms with Gasteiger partial charge in [0.2, 0.25) is 0 Å². The minimum Gasteiger partial charge on any atom is -0.300 e. The standard InChI is InChI=1S/C18H28O/c1-15(2)7-6-10-18-13-11-17(12-14-18)9-5-4-8-16(3)19/h11-15H,4-10H2,1-3H3. The summed E-state index contributed by atoms with van der Waals surface area (Å²) in [5.41, 5.74) is 2.85. The summed E-state index contributed by atoms with van der Waals surface area (Å²) >= 11 is 0. The minimum atomic E-state index is 0.306. The highest BCUT2D eigenvalue weighted by Crippen LogP contribution is 2.13. The van der Waals surface area contributed by atoms with Crippen molar-refractivity contribution in [1.29, 1.82) is 0 Å². The molecule has 1 nitrogen and oxygen atoms in total. The van der Waals surface area contributed by atoms with Crippen molar-refractivity contribution in [2.45, 2.75) is 65.7 Å². The summed E-state index contributed by atoms with van der Waals surface area (Å²) in [6.45, 7) is 6.24. The van der Waals surface area contributed by atoms with Crippen molar-refractivity contribution in [3.05, 3.63) is 35.4 Å². The van der Waals surface area contributed by atoms with Crippen LogP contribution < -0.4 is 0 Å². The maximum atomic E-state index is 10.8. The van der Waals surface area contributed by atoms with Gasteiger partial charge in [-0.25, -0.2) is 0 Å². The number of carbonyl (C=O) groups excluding carboxylic acids is 1. The maximum absolute atomic E-state index is 10.8. The number of hydrogen-bond donors (Lipinski definition) is 0. The van der Waals surface area contributed by atoms with E-state index < -0.39 is 0 Å². The van der Waals surface area contributed by atoms with E-state index in [2.05, 4.69) is 38.1 Å². The van der Waals surface area contributed by atoms with E-state index in [9.17, 15) is 4.79 Å². The minimum absolute atomic E-state index is 0.306. The molecule has 0 aliphatic rings. The zero-order valence-corrected chi connectivity index (χ0v) is 12.7. The Morgan fingerprint density at radius 2 is 1.47 bits per heavy atom. The maximum Gasteiger partial charge on any atom is 0.129 e. The van der Waals surface area contributed by atoms with Crippen molar-refractivity contribution < 1.29 is 4.79 Å². The number of hydrogen-bond acceptors (Lipinski definition) is 1. The van der Waals surface area contributed by atoms with Crippen molar-refractivity contribution in [1.82, 2.24) is 0 Å². The Bertz CT molecular complexity index is 362. The van der Waals surface area contributed by atoms with Gasteiger partial charge in [0.25, 0.3) is 0 Å². The molecule has 0 fully saturated rings. The molecule has 0 aromatic heterocycles. The monoisotopic (exact) mass is 260 g/mol. The molecule has 0 aliphatic carbocycles. The molecule has 0 saturated carbocycles. The fourth-order valence-corrected chi connectivity index (χ4v) is 2.29. The number of benzene rings is 1. The average molecular weight is 260 g/mol. The van der Waals surface area contributed by atoms with Crippen LogP contribution in [0.3, 0.4) is 0 Å². The highest BCUT2D eigenvalue weighted by atomic mass is 16.1. The van der Waals surface area contributed by atoms with Crippen molar-refractivity contribution in [2.75, 3.05) is 0 Å². The molecular weight excluding hydrogens is 232 g/mol. The summed E-state index contributed by atoms with van der Waals surface area (Å²) in [5, 5.41) is 0. The number of Topliss-reactive ketones (excluding diaryl/α,β-unsaturated/α-hetero) is 1. The summed E-state index contributed by atoms with van der Waals surface area (Å²) in [6.07, 6.45) is 7.76. The predicted molar refractivity (Wildman–Crippen MR) is 82.5 cm³/mol. The van der Waals surface area contributed by atoms with E-state index in [0.29, 0.717) is 5.78 Å². The van der Waals surface area contributed by atoms with Crippen LogP contribution in [0.5, 0.6) is 0 Å².